The van der Waals surface area contributed by atoms with Crippen LogP contribution in [0.15, 0.2) is 30.3 Å². The van der Waals surface area contributed by atoms with Crippen LogP contribution in [0.25, 0.3) is 0 Å². The molecule has 0 aliphatic heterocycles. The predicted octanol–water partition coefficient (Wildman–Crippen LogP) is 4.39. The summed E-state index contributed by atoms with van der Waals surface area (Å²) in [5.74, 6) is 1.10. The molecule has 0 spiro atoms. The molecule has 0 fully saturated rings. The molecule has 0 radical (unpaired) electrons. The third kappa shape index (κ3) is 24.7. The Hall–Kier alpha value is -0.640. The van der Waals surface area contributed by atoms with Gasteiger partial charge in [0.15, 0.2) is 0 Å². The molecule has 1 aromatic rings. The SMILES string of the molecule is CC(C)CO.CC(C)c1ccccc1.CC(O)C#N.CI. The standard InChI is InChI=1S/C9H12.C4H10O.C3H5NO.CH3I/c1-8(2)9-6-4-3-5-7-9;1-4(2)3-5;1-3(5)2-4;1-2/h3-8H,1-2H3;4-5H,3H2,1-2H3;3,5H,1H3;1H3. The van der Waals surface area contributed by atoms with Crippen LogP contribution in [0.1, 0.15) is 46.1 Å². The largest absolute Gasteiger partial charge is 0.396 e. The first-order valence-corrected chi connectivity index (χ1v) is 9.12. The number of hydrogen-bond donors (Lipinski definition) is 2. The van der Waals surface area contributed by atoms with Crippen molar-refractivity contribution >= 4 is 22.6 Å². The molecule has 1 unspecified atom stereocenters. The summed E-state index contributed by atoms with van der Waals surface area (Å²) in [5, 5.41) is 23.8. The molecule has 0 bridgehead atoms. The zero-order valence-electron chi connectivity index (χ0n) is 14.0. The third-order valence-electron chi connectivity index (χ3n) is 2.02. The minimum absolute atomic E-state index is 0.306. The highest BCUT2D eigenvalue weighted by Crippen LogP contribution is 2.11. The van der Waals surface area contributed by atoms with Gasteiger partial charge in [0.25, 0.3) is 0 Å². The van der Waals surface area contributed by atoms with Gasteiger partial charge in [0.2, 0.25) is 0 Å². The molecule has 2 N–H and O–H groups in total. The highest BCUT2D eigenvalue weighted by Gasteiger charge is 1.93. The van der Waals surface area contributed by atoms with Crippen molar-refractivity contribution in [2.24, 2.45) is 5.92 Å². The van der Waals surface area contributed by atoms with E-state index in [1.165, 1.54) is 12.5 Å². The van der Waals surface area contributed by atoms with Crippen LogP contribution in [0.4, 0.5) is 0 Å². The van der Waals surface area contributed by atoms with Crippen LogP contribution in [0.3, 0.4) is 0 Å². The smallest absolute Gasteiger partial charge is 0.137 e. The second-order valence-corrected chi connectivity index (χ2v) is 4.95. The van der Waals surface area contributed by atoms with E-state index in [1.54, 1.807) is 6.07 Å². The number of rotatable bonds is 2. The first-order chi connectivity index (χ1) is 9.84. The maximum atomic E-state index is 8.14. The molecule has 0 aromatic heterocycles. The van der Waals surface area contributed by atoms with E-state index in [9.17, 15) is 0 Å². The Balaban J connectivity index is -0.000000234. The zero-order valence-corrected chi connectivity index (χ0v) is 16.2. The molecule has 4 heteroatoms. The number of aliphatic hydroxyl groups is 2. The second-order valence-electron chi connectivity index (χ2n) is 4.95. The van der Waals surface area contributed by atoms with Gasteiger partial charge in [0.1, 0.15) is 6.10 Å². The van der Waals surface area contributed by atoms with E-state index >= 15 is 0 Å². The van der Waals surface area contributed by atoms with Gasteiger partial charge in [-0.3, -0.25) is 0 Å². The minimum atomic E-state index is -0.810. The maximum absolute atomic E-state index is 8.14. The summed E-state index contributed by atoms with van der Waals surface area (Å²) in [6.07, 6.45) is -0.810. The van der Waals surface area contributed by atoms with Crippen molar-refractivity contribution in [3.63, 3.8) is 0 Å². The summed E-state index contributed by atoms with van der Waals surface area (Å²) >= 11 is 2.15. The molecule has 0 saturated carbocycles. The monoisotopic (exact) mass is 407 g/mol. The third-order valence-corrected chi connectivity index (χ3v) is 2.02. The van der Waals surface area contributed by atoms with Crippen molar-refractivity contribution in [2.45, 2.75) is 46.6 Å². The van der Waals surface area contributed by atoms with E-state index in [0.29, 0.717) is 18.4 Å². The van der Waals surface area contributed by atoms with Crippen LogP contribution in [0.2, 0.25) is 0 Å². The lowest BCUT2D eigenvalue weighted by molar-refractivity contribution is 0.248. The van der Waals surface area contributed by atoms with Gasteiger partial charge in [0, 0.05) is 6.61 Å². The van der Waals surface area contributed by atoms with Crippen LogP contribution in [-0.4, -0.2) is 27.9 Å². The Morgan fingerprint density at radius 3 is 1.52 bits per heavy atom. The van der Waals surface area contributed by atoms with E-state index in [1.807, 2.05) is 24.8 Å². The van der Waals surface area contributed by atoms with Gasteiger partial charge < -0.3 is 10.2 Å². The fraction of sp³-hybridized carbons (Fsp3) is 0.588. The number of hydrogen-bond acceptors (Lipinski definition) is 3. The van der Waals surface area contributed by atoms with Gasteiger partial charge in [-0.25, -0.2) is 0 Å². The Morgan fingerprint density at radius 1 is 1.05 bits per heavy atom. The minimum Gasteiger partial charge on any atom is -0.396 e. The molecule has 122 valence electrons. The van der Waals surface area contributed by atoms with Gasteiger partial charge in [0.05, 0.1) is 6.07 Å². The lowest BCUT2D eigenvalue weighted by Crippen LogP contribution is -1.90. The van der Waals surface area contributed by atoms with Crippen LogP contribution < -0.4 is 0 Å². The molecule has 3 nitrogen and oxygen atoms in total. The molecule has 0 aliphatic rings. The molecule has 1 atom stereocenters. The Morgan fingerprint density at radius 2 is 1.38 bits per heavy atom. The van der Waals surface area contributed by atoms with Crippen LogP contribution >= 0.6 is 22.6 Å². The quantitative estimate of drug-likeness (QED) is 0.434. The van der Waals surface area contributed by atoms with Crippen molar-refractivity contribution in [1.29, 1.82) is 5.26 Å². The molecular weight excluding hydrogens is 377 g/mol. The van der Waals surface area contributed by atoms with Crippen molar-refractivity contribution in [1.82, 2.24) is 0 Å². The molecule has 1 rings (SSSR count). The lowest BCUT2D eigenvalue weighted by Gasteiger charge is -2.01. The number of benzene rings is 1. The molecule has 21 heavy (non-hydrogen) atoms. The van der Waals surface area contributed by atoms with Crippen molar-refractivity contribution < 1.29 is 10.2 Å². The molecule has 0 saturated heterocycles. The Bertz CT molecular complexity index is 332. The average molecular weight is 407 g/mol. The summed E-state index contributed by atoms with van der Waals surface area (Å²) in [5.41, 5.74) is 1.41. The number of alkyl halides is 1. The molecule has 0 amide bonds. The fourth-order valence-corrected chi connectivity index (χ4v) is 0.838. The van der Waals surface area contributed by atoms with Gasteiger partial charge in [-0.2, -0.15) is 5.26 Å². The van der Waals surface area contributed by atoms with Crippen molar-refractivity contribution in [3.05, 3.63) is 35.9 Å². The van der Waals surface area contributed by atoms with E-state index < -0.39 is 6.10 Å². The van der Waals surface area contributed by atoms with E-state index in [2.05, 4.69) is 60.7 Å². The van der Waals surface area contributed by atoms with Gasteiger partial charge in [-0.15, -0.1) is 0 Å². The molecular formula is C17H30INO2. The normalized spacial score (nSPS) is 10.0. The van der Waals surface area contributed by atoms with Gasteiger partial charge >= 0.3 is 0 Å². The van der Waals surface area contributed by atoms with E-state index in [-0.39, 0.29) is 0 Å². The fourth-order valence-electron chi connectivity index (χ4n) is 0.838. The van der Waals surface area contributed by atoms with Crippen LogP contribution in [0.5, 0.6) is 0 Å². The number of nitriles is 1. The van der Waals surface area contributed by atoms with E-state index in [4.69, 9.17) is 15.5 Å². The van der Waals surface area contributed by atoms with Crippen molar-refractivity contribution in [2.75, 3.05) is 11.5 Å². The van der Waals surface area contributed by atoms with Crippen LogP contribution in [0, 0.1) is 17.2 Å². The zero-order chi connectivity index (χ0) is 17.3. The molecule has 0 aliphatic carbocycles. The molecule has 0 heterocycles. The number of halogens is 1. The molecule has 1 aromatic carbocycles. The predicted molar refractivity (Wildman–Crippen MR) is 99.7 cm³/mol. The second kappa shape index (κ2) is 19.4. The average Bonchev–Trinajstić information content (AvgIpc) is 2.51. The van der Waals surface area contributed by atoms with Gasteiger partial charge in [-0.05, 0) is 29.3 Å². The first-order valence-electron chi connectivity index (χ1n) is 6.96. The topological polar surface area (TPSA) is 64.2 Å². The Labute approximate surface area is 144 Å². The van der Waals surface area contributed by atoms with Crippen LogP contribution in [-0.2, 0) is 0 Å². The van der Waals surface area contributed by atoms with Crippen molar-refractivity contribution in [3.8, 4) is 6.07 Å². The van der Waals surface area contributed by atoms with Gasteiger partial charge in [-0.1, -0.05) is 80.6 Å². The Kier molecular flexibility index (Phi) is 23.3. The summed E-state index contributed by atoms with van der Waals surface area (Å²) < 4.78 is 0. The lowest BCUT2D eigenvalue weighted by atomic mass is 10.0. The summed E-state index contributed by atoms with van der Waals surface area (Å²) in [6.45, 7) is 10.1. The van der Waals surface area contributed by atoms with E-state index in [0.717, 1.165) is 0 Å². The summed E-state index contributed by atoms with van der Waals surface area (Å²) in [7, 11) is 0. The summed E-state index contributed by atoms with van der Waals surface area (Å²) in [6, 6.07) is 12.1. The maximum Gasteiger partial charge on any atom is 0.137 e. The highest BCUT2D eigenvalue weighted by molar-refractivity contribution is 14.1. The number of aliphatic hydroxyl groups excluding tert-OH is 2. The summed E-state index contributed by atoms with van der Waals surface area (Å²) in [4.78, 5) is 1.97. The first kappa shape index (κ1) is 25.3. The highest BCUT2D eigenvalue weighted by atomic mass is 127. The number of nitrogens with zero attached hydrogens (tertiary/aromatic N) is 1.